The molecular weight excluding hydrogens is 154 g/mol. The maximum Gasteiger partial charge on any atom is 0.407 e. The number of carbonyl (C=O) groups excluding carboxylic acids is 1. The Labute approximate surface area is 73.5 Å². The Kier molecular flexibility index (Phi) is 2.60. The van der Waals surface area contributed by atoms with Gasteiger partial charge >= 0.3 is 6.09 Å². The van der Waals surface area contributed by atoms with E-state index in [1.807, 2.05) is 20.8 Å². The number of hydrogen-bond donors (Lipinski definition) is 1. The molecule has 1 fully saturated rings. The molecule has 0 aliphatic heterocycles. The van der Waals surface area contributed by atoms with Gasteiger partial charge in [-0.05, 0) is 39.5 Å². The quantitative estimate of drug-likeness (QED) is 0.687. The molecule has 0 aromatic carbocycles. The molecule has 0 heterocycles. The third-order valence-corrected chi connectivity index (χ3v) is 1.49. The van der Waals surface area contributed by atoms with Crippen molar-refractivity contribution in [3.63, 3.8) is 0 Å². The topological polar surface area (TPSA) is 38.3 Å². The molecule has 1 aliphatic rings. The summed E-state index contributed by atoms with van der Waals surface area (Å²) in [4.78, 5) is 11.0. The van der Waals surface area contributed by atoms with Gasteiger partial charge < -0.3 is 10.1 Å². The lowest BCUT2D eigenvalue weighted by Gasteiger charge is -2.19. The number of amides is 1. The van der Waals surface area contributed by atoms with Crippen LogP contribution in [0.5, 0.6) is 0 Å². The van der Waals surface area contributed by atoms with E-state index in [0.29, 0.717) is 6.54 Å². The monoisotopic (exact) mass is 170 g/mol. The minimum atomic E-state index is -0.391. The summed E-state index contributed by atoms with van der Waals surface area (Å²) in [6.07, 6.45) is 2.01. The predicted octanol–water partition coefficient (Wildman–Crippen LogP) is 1.88. The molecule has 0 saturated heterocycles. The molecule has 1 radical (unpaired) electrons. The fourth-order valence-corrected chi connectivity index (χ4v) is 0.777. The van der Waals surface area contributed by atoms with Crippen molar-refractivity contribution in [3.8, 4) is 0 Å². The van der Waals surface area contributed by atoms with Crippen LogP contribution in [0.1, 0.15) is 33.6 Å². The summed E-state index contributed by atoms with van der Waals surface area (Å²) in [5.41, 5.74) is -0.391. The summed E-state index contributed by atoms with van der Waals surface area (Å²) in [5.74, 6) is 1.40. The highest BCUT2D eigenvalue weighted by molar-refractivity contribution is 5.68. The van der Waals surface area contributed by atoms with Gasteiger partial charge in [0.2, 0.25) is 0 Å². The molecule has 1 amide bonds. The lowest BCUT2D eigenvalue weighted by atomic mass is 10.2. The van der Waals surface area contributed by atoms with Crippen molar-refractivity contribution < 1.29 is 9.53 Å². The van der Waals surface area contributed by atoms with Crippen LogP contribution in [0.2, 0.25) is 0 Å². The Morgan fingerprint density at radius 1 is 1.50 bits per heavy atom. The number of hydrogen-bond acceptors (Lipinski definition) is 2. The Bertz CT molecular complexity index is 168. The van der Waals surface area contributed by atoms with Crippen molar-refractivity contribution in [1.29, 1.82) is 0 Å². The van der Waals surface area contributed by atoms with Gasteiger partial charge in [-0.25, -0.2) is 4.79 Å². The van der Waals surface area contributed by atoms with Crippen molar-refractivity contribution in [2.24, 2.45) is 0 Å². The summed E-state index contributed by atoms with van der Waals surface area (Å²) in [7, 11) is 0. The van der Waals surface area contributed by atoms with E-state index < -0.39 is 5.60 Å². The molecular formula is C9H16NO2. The van der Waals surface area contributed by atoms with Gasteiger partial charge in [0.15, 0.2) is 0 Å². The van der Waals surface area contributed by atoms with E-state index in [-0.39, 0.29) is 6.09 Å². The van der Waals surface area contributed by atoms with Crippen LogP contribution in [0.3, 0.4) is 0 Å². The van der Waals surface area contributed by atoms with Gasteiger partial charge in [0.05, 0.1) is 0 Å². The van der Waals surface area contributed by atoms with Gasteiger partial charge in [-0.1, -0.05) is 0 Å². The van der Waals surface area contributed by atoms with E-state index in [1.165, 1.54) is 5.92 Å². The number of rotatable bonds is 2. The van der Waals surface area contributed by atoms with Crippen LogP contribution in [-0.4, -0.2) is 18.2 Å². The third kappa shape index (κ3) is 4.21. The van der Waals surface area contributed by atoms with Crippen molar-refractivity contribution >= 4 is 6.09 Å². The second kappa shape index (κ2) is 3.33. The van der Waals surface area contributed by atoms with Crippen LogP contribution in [0.4, 0.5) is 4.79 Å². The summed E-state index contributed by atoms with van der Waals surface area (Å²) in [6.45, 7) is 6.26. The Hall–Kier alpha value is -0.730. The molecule has 1 saturated carbocycles. The first-order valence-corrected chi connectivity index (χ1v) is 4.28. The minimum Gasteiger partial charge on any atom is -0.444 e. The van der Waals surface area contributed by atoms with Crippen LogP contribution < -0.4 is 5.32 Å². The molecule has 69 valence electrons. The largest absolute Gasteiger partial charge is 0.444 e. The Morgan fingerprint density at radius 3 is 2.50 bits per heavy atom. The van der Waals surface area contributed by atoms with Crippen molar-refractivity contribution in [3.05, 3.63) is 5.92 Å². The molecule has 1 rings (SSSR count). The number of ether oxygens (including phenoxy) is 1. The summed E-state index contributed by atoms with van der Waals surface area (Å²) in [5, 5.41) is 2.70. The number of nitrogens with one attached hydrogen (secondary N) is 1. The standard InChI is InChI=1S/C9H16NO2/c1-9(2,3)12-8(11)10-6-7-4-5-7/h4-6H2,1-3H3,(H,10,11). The zero-order valence-corrected chi connectivity index (χ0v) is 7.94. The molecule has 1 aliphatic carbocycles. The zero-order valence-electron chi connectivity index (χ0n) is 7.94. The van der Waals surface area contributed by atoms with Crippen LogP contribution in [-0.2, 0) is 4.74 Å². The first-order valence-electron chi connectivity index (χ1n) is 4.28. The molecule has 1 N–H and O–H groups in total. The average molecular weight is 170 g/mol. The lowest BCUT2D eigenvalue weighted by Crippen LogP contribution is -2.33. The highest BCUT2D eigenvalue weighted by Crippen LogP contribution is 2.30. The average Bonchev–Trinajstić information content (AvgIpc) is 2.61. The van der Waals surface area contributed by atoms with E-state index in [2.05, 4.69) is 5.32 Å². The molecule has 3 heteroatoms. The third-order valence-electron chi connectivity index (χ3n) is 1.49. The molecule has 0 spiro atoms. The Balaban J connectivity index is 2.10. The van der Waals surface area contributed by atoms with Gasteiger partial charge in [0.1, 0.15) is 5.60 Å². The van der Waals surface area contributed by atoms with Crippen LogP contribution in [0.25, 0.3) is 0 Å². The number of alkyl carbamates (subject to hydrolysis) is 1. The minimum absolute atomic E-state index is 0.318. The van der Waals surface area contributed by atoms with E-state index >= 15 is 0 Å². The molecule has 0 atom stereocenters. The van der Waals surface area contributed by atoms with Gasteiger partial charge in [0.25, 0.3) is 0 Å². The van der Waals surface area contributed by atoms with Crippen molar-refractivity contribution in [2.45, 2.75) is 39.2 Å². The van der Waals surface area contributed by atoms with Gasteiger partial charge in [-0.15, -0.1) is 0 Å². The first kappa shape index (κ1) is 9.36. The lowest BCUT2D eigenvalue weighted by molar-refractivity contribution is 0.0531. The smallest absolute Gasteiger partial charge is 0.407 e. The molecule has 0 aromatic rings. The fourth-order valence-electron chi connectivity index (χ4n) is 0.777. The number of carbonyl (C=O) groups is 1. The van der Waals surface area contributed by atoms with Gasteiger partial charge in [-0.3, -0.25) is 0 Å². The summed E-state index contributed by atoms with van der Waals surface area (Å²) < 4.78 is 5.05. The molecule has 0 unspecified atom stereocenters. The molecule has 12 heavy (non-hydrogen) atoms. The molecule has 3 nitrogen and oxygen atoms in total. The molecule has 0 aromatic heterocycles. The normalized spacial score (nSPS) is 17.2. The van der Waals surface area contributed by atoms with E-state index in [4.69, 9.17) is 4.74 Å². The zero-order chi connectivity index (χ0) is 9.19. The SMILES string of the molecule is CC(C)(C)OC(=O)NC[C]1CC1. The maximum atomic E-state index is 11.0. The fraction of sp³-hybridized carbons (Fsp3) is 0.778. The van der Waals surface area contributed by atoms with E-state index in [9.17, 15) is 4.79 Å². The van der Waals surface area contributed by atoms with Crippen LogP contribution in [0, 0.1) is 5.92 Å². The van der Waals surface area contributed by atoms with Gasteiger partial charge in [-0.2, -0.15) is 0 Å². The highest BCUT2D eigenvalue weighted by atomic mass is 16.6. The van der Waals surface area contributed by atoms with E-state index in [0.717, 1.165) is 12.8 Å². The van der Waals surface area contributed by atoms with Crippen molar-refractivity contribution in [2.75, 3.05) is 6.54 Å². The van der Waals surface area contributed by atoms with Gasteiger partial charge in [0, 0.05) is 6.54 Å². The first-order chi connectivity index (χ1) is 5.47. The second-order valence-electron chi connectivity index (χ2n) is 4.11. The van der Waals surface area contributed by atoms with Crippen LogP contribution >= 0.6 is 0 Å². The Morgan fingerprint density at radius 2 is 2.08 bits per heavy atom. The molecule has 0 bridgehead atoms. The van der Waals surface area contributed by atoms with Crippen LogP contribution in [0.15, 0.2) is 0 Å². The second-order valence-corrected chi connectivity index (χ2v) is 4.11. The predicted molar refractivity (Wildman–Crippen MR) is 46.7 cm³/mol. The van der Waals surface area contributed by atoms with E-state index in [1.54, 1.807) is 0 Å². The van der Waals surface area contributed by atoms with Crippen molar-refractivity contribution in [1.82, 2.24) is 5.32 Å². The maximum absolute atomic E-state index is 11.0. The highest BCUT2D eigenvalue weighted by Gasteiger charge is 2.23. The summed E-state index contributed by atoms with van der Waals surface area (Å²) >= 11 is 0. The summed E-state index contributed by atoms with van der Waals surface area (Å²) in [6, 6.07) is 0.